The number of carbonyl (C=O) groups excluding carboxylic acids is 1. The van der Waals surface area contributed by atoms with Gasteiger partial charge in [0.1, 0.15) is 22.8 Å². The first-order valence-electron chi connectivity index (χ1n) is 5.82. The molecule has 5 heteroatoms. The molecule has 1 heterocycles. The van der Waals surface area contributed by atoms with E-state index in [4.69, 9.17) is 4.42 Å². The highest BCUT2D eigenvalue weighted by atomic mass is 16.4. The fourth-order valence-electron chi connectivity index (χ4n) is 1.71. The summed E-state index contributed by atoms with van der Waals surface area (Å²) in [7, 11) is 0. The fraction of sp³-hybridized carbons (Fsp3) is 0.0667. The maximum atomic E-state index is 11.9. The summed E-state index contributed by atoms with van der Waals surface area (Å²) >= 11 is 0. The average molecular weight is 272 g/mol. The topological polar surface area (TPSA) is 87.7 Å². The van der Waals surface area contributed by atoms with Gasteiger partial charge in [-0.15, -0.1) is 0 Å². The van der Waals surface area contributed by atoms with E-state index < -0.39 is 22.7 Å². The number of rotatable bonds is 3. The SMILES string of the molecule is Cc1cc(O)c(C(=O)/C=C/c2cccc(O)c2)c(=O)o1. The monoisotopic (exact) mass is 272 g/mol. The smallest absolute Gasteiger partial charge is 0.351 e. The summed E-state index contributed by atoms with van der Waals surface area (Å²) in [6.07, 6.45) is 2.57. The van der Waals surface area contributed by atoms with E-state index >= 15 is 0 Å². The Kier molecular flexibility index (Phi) is 3.70. The lowest BCUT2D eigenvalue weighted by Crippen LogP contribution is -2.12. The summed E-state index contributed by atoms with van der Waals surface area (Å²) in [5.74, 6) is -0.790. The molecule has 0 fully saturated rings. The molecule has 1 aromatic heterocycles. The molecule has 0 bridgehead atoms. The molecule has 0 saturated heterocycles. The first kappa shape index (κ1) is 13.6. The Bertz CT molecular complexity index is 740. The first-order valence-corrected chi connectivity index (χ1v) is 5.82. The average Bonchev–Trinajstić information content (AvgIpc) is 2.35. The Morgan fingerprint density at radius 1 is 1.25 bits per heavy atom. The molecule has 0 radical (unpaired) electrons. The predicted octanol–water partition coefficient (Wildman–Crippen LogP) is 2.26. The van der Waals surface area contributed by atoms with Gasteiger partial charge in [-0.05, 0) is 30.7 Å². The summed E-state index contributed by atoms with van der Waals surface area (Å²) in [6.45, 7) is 1.50. The maximum absolute atomic E-state index is 11.9. The summed E-state index contributed by atoms with van der Waals surface area (Å²) in [4.78, 5) is 23.4. The number of carbonyl (C=O) groups is 1. The van der Waals surface area contributed by atoms with E-state index in [0.29, 0.717) is 5.56 Å². The van der Waals surface area contributed by atoms with Crippen LogP contribution in [-0.2, 0) is 0 Å². The van der Waals surface area contributed by atoms with Crippen molar-refractivity contribution in [1.82, 2.24) is 0 Å². The lowest BCUT2D eigenvalue weighted by Gasteiger charge is -2.00. The van der Waals surface area contributed by atoms with Crippen LogP contribution in [0.2, 0.25) is 0 Å². The molecule has 5 nitrogen and oxygen atoms in total. The Labute approximate surface area is 114 Å². The van der Waals surface area contributed by atoms with Crippen molar-refractivity contribution in [2.24, 2.45) is 0 Å². The molecular formula is C15H12O5. The zero-order chi connectivity index (χ0) is 14.7. The number of hydrogen-bond acceptors (Lipinski definition) is 5. The molecule has 2 N–H and O–H groups in total. The third kappa shape index (κ3) is 2.95. The van der Waals surface area contributed by atoms with Crippen LogP contribution in [0, 0.1) is 6.92 Å². The van der Waals surface area contributed by atoms with Gasteiger partial charge in [0.25, 0.3) is 0 Å². The van der Waals surface area contributed by atoms with Crippen LogP contribution in [0.4, 0.5) is 0 Å². The highest BCUT2D eigenvalue weighted by molar-refractivity contribution is 6.08. The molecule has 0 saturated carbocycles. The normalized spacial score (nSPS) is 10.8. The summed E-state index contributed by atoms with van der Waals surface area (Å²) in [6, 6.07) is 7.47. The van der Waals surface area contributed by atoms with Gasteiger partial charge in [-0.3, -0.25) is 4.79 Å². The molecule has 0 spiro atoms. The molecule has 2 aromatic rings. The Balaban J connectivity index is 2.32. The molecule has 20 heavy (non-hydrogen) atoms. The van der Waals surface area contributed by atoms with Crippen molar-refractivity contribution in [3.8, 4) is 11.5 Å². The van der Waals surface area contributed by atoms with E-state index in [1.54, 1.807) is 12.1 Å². The number of ketones is 1. The highest BCUT2D eigenvalue weighted by Gasteiger charge is 2.15. The standard InChI is InChI=1S/C15H12O5/c1-9-7-13(18)14(15(19)20-9)12(17)6-5-10-3-2-4-11(16)8-10/h2-8,16,18H,1H3/b6-5+. The number of allylic oxidation sites excluding steroid dienone is 1. The molecule has 0 amide bonds. The van der Waals surface area contributed by atoms with Gasteiger partial charge < -0.3 is 14.6 Å². The van der Waals surface area contributed by atoms with Gasteiger partial charge >= 0.3 is 5.63 Å². The van der Waals surface area contributed by atoms with Crippen LogP contribution >= 0.6 is 0 Å². The first-order chi connectivity index (χ1) is 9.47. The van der Waals surface area contributed by atoms with Gasteiger partial charge in [0.05, 0.1) is 0 Å². The van der Waals surface area contributed by atoms with Crippen LogP contribution in [0.25, 0.3) is 6.08 Å². The van der Waals surface area contributed by atoms with E-state index in [9.17, 15) is 19.8 Å². The zero-order valence-electron chi connectivity index (χ0n) is 10.7. The van der Waals surface area contributed by atoms with Crippen LogP contribution in [0.5, 0.6) is 11.5 Å². The highest BCUT2D eigenvalue weighted by Crippen LogP contribution is 2.17. The van der Waals surface area contributed by atoms with E-state index in [1.165, 1.54) is 31.2 Å². The molecule has 0 aliphatic heterocycles. The van der Waals surface area contributed by atoms with Gasteiger partial charge in [-0.2, -0.15) is 0 Å². The quantitative estimate of drug-likeness (QED) is 0.661. The van der Waals surface area contributed by atoms with Gasteiger partial charge in [-0.1, -0.05) is 18.2 Å². The van der Waals surface area contributed by atoms with Crippen molar-refractivity contribution in [3.63, 3.8) is 0 Å². The number of phenols is 1. The van der Waals surface area contributed by atoms with Gasteiger partial charge in [0, 0.05) is 6.07 Å². The largest absolute Gasteiger partial charge is 0.508 e. The Morgan fingerprint density at radius 2 is 2.00 bits per heavy atom. The lowest BCUT2D eigenvalue weighted by atomic mass is 10.1. The number of benzene rings is 1. The van der Waals surface area contributed by atoms with Gasteiger partial charge in [0.15, 0.2) is 5.78 Å². The van der Waals surface area contributed by atoms with Crippen molar-refractivity contribution >= 4 is 11.9 Å². The predicted molar refractivity (Wildman–Crippen MR) is 72.9 cm³/mol. The number of phenolic OH excluding ortho intramolecular Hbond substituents is 1. The Hall–Kier alpha value is -2.82. The molecule has 0 atom stereocenters. The third-order valence-electron chi connectivity index (χ3n) is 2.60. The molecule has 0 aliphatic carbocycles. The summed E-state index contributed by atoms with van der Waals surface area (Å²) in [5, 5.41) is 18.9. The molecular weight excluding hydrogens is 260 g/mol. The summed E-state index contributed by atoms with van der Waals surface area (Å²) in [5.41, 5.74) is -0.700. The van der Waals surface area contributed by atoms with E-state index in [1.807, 2.05) is 0 Å². The van der Waals surface area contributed by atoms with Crippen molar-refractivity contribution in [3.05, 3.63) is 63.7 Å². The molecule has 0 aliphatic rings. The zero-order valence-corrected chi connectivity index (χ0v) is 10.7. The maximum Gasteiger partial charge on any atom is 0.351 e. The van der Waals surface area contributed by atoms with Crippen LogP contribution < -0.4 is 5.63 Å². The lowest BCUT2D eigenvalue weighted by molar-refractivity contribution is 0.104. The van der Waals surface area contributed by atoms with Crippen molar-refractivity contribution in [2.45, 2.75) is 6.92 Å². The fourth-order valence-corrected chi connectivity index (χ4v) is 1.71. The molecule has 2 rings (SSSR count). The number of aryl methyl sites for hydroxylation is 1. The van der Waals surface area contributed by atoms with Crippen LogP contribution in [0.3, 0.4) is 0 Å². The van der Waals surface area contributed by atoms with E-state index in [-0.39, 0.29) is 11.5 Å². The van der Waals surface area contributed by atoms with Gasteiger partial charge in [0.2, 0.25) is 0 Å². The minimum absolute atomic E-state index is 0.0669. The van der Waals surface area contributed by atoms with Crippen LogP contribution in [0.1, 0.15) is 21.7 Å². The second kappa shape index (κ2) is 5.44. The third-order valence-corrected chi connectivity index (χ3v) is 2.60. The van der Waals surface area contributed by atoms with E-state index in [2.05, 4.69) is 0 Å². The second-order valence-corrected chi connectivity index (χ2v) is 4.20. The van der Waals surface area contributed by atoms with Crippen molar-refractivity contribution in [1.29, 1.82) is 0 Å². The van der Waals surface area contributed by atoms with Crippen LogP contribution in [0.15, 0.2) is 45.6 Å². The number of hydrogen-bond donors (Lipinski definition) is 2. The van der Waals surface area contributed by atoms with Crippen molar-refractivity contribution < 1.29 is 19.4 Å². The number of aromatic hydroxyl groups is 2. The van der Waals surface area contributed by atoms with Crippen LogP contribution in [-0.4, -0.2) is 16.0 Å². The summed E-state index contributed by atoms with van der Waals surface area (Å²) < 4.78 is 4.77. The minimum Gasteiger partial charge on any atom is -0.508 e. The minimum atomic E-state index is -0.881. The second-order valence-electron chi connectivity index (χ2n) is 4.20. The Morgan fingerprint density at radius 3 is 2.65 bits per heavy atom. The van der Waals surface area contributed by atoms with Crippen molar-refractivity contribution in [2.75, 3.05) is 0 Å². The van der Waals surface area contributed by atoms with Gasteiger partial charge in [-0.25, -0.2) is 4.79 Å². The molecule has 1 aromatic carbocycles. The van der Waals surface area contributed by atoms with E-state index in [0.717, 1.165) is 6.08 Å². The molecule has 0 unspecified atom stereocenters. The molecule has 102 valence electrons.